The average molecular weight is 265 g/mol. The Hall–Kier alpha value is -1.26. The van der Waals surface area contributed by atoms with E-state index in [0.717, 1.165) is 32.5 Å². The monoisotopic (exact) mass is 265 g/mol. The summed E-state index contributed by atoms with van der Waals surface area (Å²) in [5.74, 6) is 0.858. The van der Waals surface area contributed by atoms with Crippen molar-refractivity contribution in [1.29, 1.82) is 0 Å². The maximum absolute atomic E-state index is 10.2. The second kappa shape index (κ2) is 6.78. The van der Waals surface area contributed by atoms with E-state index in [4.69, 9.17) is 4.74 Å². The van der Waals surface area contributed by atoms with Gasteiger partial charge < -0.3 is 19.8 Å². The number of phenols is 1. The number of benzene rings is 1. The van der Waals surface area contributed by atoms with Gasteiger partial charge in [0.15, 0.2) is 11.5 Å². The molecule has 1 unspecified atom stereocenters. The van der Waals surface area contributed by atoms with Gasteiger partial charge in [0, 0.05) is 0 Å². The van der Waals surface area contributed by atoms with Crippen LogP contribution >= 0.6 is 0 Å². The third kappa shape index (κ3) is 3.85. The van der Waals surface area contributed by atoms with Crippen molar-refractivity contribution in [3.05, 3.63) is 24.3 Å². The van der Waals surface area contributed by atoms with E-state index in [1.165, 1.54) is 0 Å². The van der Waals surface area contributed by atoms with Crippen molar-refractivity contribution in [2.24, 2.45) is 5.92 Å². The van der Waals surface area contributed by atoms with E-state index in [9.17, 15) is 10.2 Å². The quantitative estimate of drug-likeness (QED) is 0.853. The number of aromatic hydroxyl groups is 1. The van der Waals surface area contributed by atoms with Crippen molar-refractivity contribution >= 4 is 0 Å². The van der Waals surface area contributed by atoms with E-state index < -0.39 is 6.10 Å². The molecule has 19 heavy (non-hydrogen) atoms. The molecular formula is C15H23NO3. The van der Waals surface area contributed by atoms with Crippen molar-refractivity contribution in [2.75, 3.05) is 26.2 Å². The largest absolute Gasteiger partial charge is 0.504 e. The third-order valence-electron chi connectivity index (χ3n) is 3.90. The van der Waals surface area contributed by atoms with Crippen LogP contribution < -0.4 is 4.74 Å². The van der Waals surface area contributed by atoms with Crippen LogP contribution in [0.25, 0.3) is 0 Å². The summed E-state index contributed by atoms with van der Waals surface area (Å²) in [7, 11) is 0. The van der Waals surface area contributed by atoms with Gasteiger partial charge >= 0.3 is 0 Å². The van der Waals surface area contributed by atoms with Crippen molar-refractivity contribution in [3.8, 4) is 11.5 Å². The summed E-state index contributed by atoms with van der Waals surface area (Å²) >= 11 is 0. The van der Waals surface area contributed by atoms with Crippen LogP contribution in [-0.2, 0) is 0 Å². The molecule has 1 aromatic carbocycles. The number of aliphatic hydroxyl groups is 1. The lowest BCUT2D eigenvalue weighted by Gasteiger charge is -2.33. The zero-order chi connectivity index (χ0) is 13.7. The fourth-order valence-corrected chi connectivity index (χ4v) is 2.54. The summed E-state index contributed by atoms with van der Waals surface area (Å²) in [5, 5.41) is 19.7. The highest BCUT2D eigenvalue weighted by atomic mass is 16.5. The molecule has 1 heterocycles. The molecule has 106 valence electrons. The molecule has 2 N–H and O–H groups in total. The SMILES string of the molecule is CCN1CCC(C(O)COc2ccccc2O)CC1. The first-order valence-corrected chi connectivity index (χ1v) is 7.02. The molecule has 0 bridgehead atoms. The third-order valence-corrected chi connectivity index (χ3v) is 3.90. The Kier molecular flexibility index (Phi) is 5.05. The van der Waals surface area contributed by atoms with Crippen LogP contribution in [0.5, 0.6) is 11.5 Å². The van der Waals surface area contributed by atoms with Gasteiger partial charge in [0.2, 0.25) is 0 Å². The summed E-state index contributed by atoms with van der Waals surface area (Å²) in [6.45, 7) is 5.59. The summed E-state index contributed by atoms with van der Waals surface area (Å²) in [5.41, 5.74) is 0. The Labute approximate surface area is 114 Å². The molecule has 0 radical (unpaired) electrons. The van der Waals surface area contributed by atoms with Gasteiger partial charge in [0.25, 0.3) is 0 Å². The molecule has 1 atom stereocenters. The van der Waals surface area contributed by atoms with Crippen molar-refractivity contribution < 1.29 is 14.9 Å². The summed E-state index contributed by atoms with van der Waals surface area (Å²) in [6.07, 6.45) is 1.57. The first-order valence-electron chi connectivity index (χ1n) is 7.02. The average Bonchev–Trinajstić information content (AvgIpc) is 2.46. The van der Waals surface area contributed by atoms with Gasteiger partial charge in [0.1, 0.15) is 6.61 Å². The van der Waals surface area contributed by atoms with E-state index in [1.54, 1.807) is 24.3 Å². The fraction of sp³-hybridized carbons (Fsp3) is 0.600. The zero-order valence-corrected chi connectivity index (χ0v) is 11.5. The first kappa shape index (κ1) is 14.2. The molecule has 0 amide bonds. The lowest BCUT2D eigenvalue weighted by molar-refractivity contribution is 0.0261. The van der Waals surface area contributed by atoms with Crippen LogP contribution in [0.3, 0.4) is 0 Å². The van der Waals surface area contributed by atoms with Gasteiger partial charge in [0.05, 0.1) is 6.10 Å². The summed E-state index contributed by atoms with van der Waals surface area (Å²) < 4.78 is 5.49. The molecule has 0 spiro atoms. The van der Waals surface area contributed by atoms with Gasteiger partial charge in [-0.1, -0.05) is 19.1 Å². The standard InChI is InChI=1S/C15H23NO3/c1-2-16-9-7-12(8-10-16)14(18)11-19-15-6-4-3-5-13(15)17/h3-6,12,14,17-18H,2,7-11H2,1H3. The Bertz CT molecular complexity index is 389. The number of piperidine rings is 1. The molecule has 0 aromatic heterocycles. The number of aliphatic hydroxyl groups excluding tert-OH is 1. The predicted octanol–water partition coefficient (Wildman–Crippen LogP) is 1.86. The van der Waals surface area contributed by atoms with Gasteiger partial charge in [-0.2, -0.15) is 0 Å². The van der Waals surface area contributed by atoms with Gasteiger partial charge in [-0.15, -0.1) is 0 Å². The molecule has 1 aromatic rings. The van der Waals surface area contributed by atoms with Gasteiger partial charge in [-0.25, -0.2) is 0 Å². The lowest BCUT2D eigenvalue weighted by Crippen LogP contribution is -2.39. The smallest absolute Gasteiger partial charge is 0.161 e. The van der Waals surface area contributed by atoms with Crippen LogP contribution in [0.2, 0.25) is 0 Å². The molecule has 1 saturated heterocycles. The van der Waals surface area contributed by atoms with E-state index in [-0.39, 0.29) is 12.4 Å². The second-order valence-electron chi connectivity index (χ2n) is 5.12. The number of nitrogens with zero attached hydrogens (tertiary/aromatic N) is 1. The second-order valence-corrected chi connectivity index (χ2v) is 5.12. The Balaban J connectivity index is 1.79. The highest BCUT2D eigenvalue weighted by Gasteiger charge is 2.25. The highest BCUT2D eigenvalue weighted by molar-refractivity contribution is 5.37. The van der Waals surface area contributed by atoms with Crippen molar-refractivity contribution in [3.63, 3.8) is 0 Å². The number of para-hydroxylation sites is 2. The fourth-order valence-electron chi connectivity index (χ4n) is 2.54. The number of phenolic OH excluding ortho intramolecular Hbond substituents is 1. The summed E-state index contributed by atoms with van der Waals surface area (Å²) in [4.78, 5) is 2.40. The van der Waals surface area contributed by atoms with Crippen molar-refractivity contribution in [2.45, 2.75) is 25.9 Å². The maximum atomic E-state index is 10.2. The van der Waals surface area contributed by atoms with Crippen LogP contribution in [0, 0.1) is 5.92 Å². The number of rotatable bonds is 5. The lowest BCUT2D eigenvalue weighted by atomic mass is 9.91. The Morgan fingerprint density at radius 3 is 2.63 bits per heavy atom. The normalized spacial score (nSPS) is 19.3. The number of hydrogen-bond donors (Lipinski definition) is 2. The topological polar surface area (TPSA) is 52.9 Å². The van der Waals surface area contributed by atoms with Gasteiger partial charge in [-0.3, -0.25) is 0 Å². The molecular weight excluding hydrogens is 242 g/mol. The maximum Gasteiger partial charge on any atom is 0.161 e. The molecule has 0 aliphatic carbocycles. The molecule has 0 saturated carbocycles. The highest BCUT2D eigenvalue weighted by Crippen LogP contribution is 2.26. The van der Waals surface area contributed by atoms with Crippen LogP contribution in [0.1, 0.15) is 19.8 Å². The molecule has 4 heteroatoms. The minimum atomic E-state index is -0.460. The number of likely N-dealkylation sites (tertiary alicyclic amines) is 1. The minimum Gasteiger partial charge on any atom is -0.504 e. The van der Waals surface area contributed by atoms with E-state index in [2.05, 4.69) is 11.8 Å². The van der Waals surface area contributed by atoms with Crippen LogP contribution in [0.15, 0.2) is 24.3 Å². The molecule has 4 nitrogen and oxygen atoms in total. The number of ether oxygens (including phenoxy) is 1. The molecule has 1 aliphatic rings. The van der Waals surface area contributed by atoms with Crippen LogP contribution in [0.4, 0.5) is 0 Å². The number of hydrogen-bond acceptors (Lipinski definition) is 4. The predicted molar refractivity (Wildman–Crippen MR) is 74.4 cm³/mol. The van der Waals surface area contributed by atoms with Crippen LogP contribution in [-0.4, -0.2) is 47.5 Å². The first-order chi connectivity index (χ1) is 9.20. The van der Waals surface area contributed by atoms with E-state index >= 15 is 0 Å². The Morgan fingerprint density at radius 2 is 2.00 bits per heavy atom. The Morgan fingerprint density at radius 1 is 1.32 bits per heavy atom. The van der Waals surface area contributed by atoms with Crippen molar-refractivity contribution in [1.82, 2.24) is 4.90 Å². The molecule has 1 fully saturated rings. The zero-order valence-electron chi connectivity index (χ0n) is 11.5. The minimum absolute atomic E-state index is 0.121. The van der Waals surface area contributed by atoms with Gasteiger partial charge in [-0.05, 0) is 50.5 Å². The summed E-state index contributed by atoms with van der Waals surface area (Å²) in [6, 6.07) is 6.85. The molecule has 2 rings (SSSR count). The van der Waals surface area contributed by atoms with E-state index in [1.807, 2.05) is 0 Å². The molecule has 1 aliphatic heterocycles. The van der Waals surface area contributed by atoms with E-state index in [0.29, 0.717) is 11.7 Å².